The normalized spacial score (nSPS) is 13.0. The summed E-state index contributed by atoms with van der Waals surface area (Å²) in [4.78, 5) is 0. The molecule has 3 heteroatoms. The molecular weight excluding hydrogens is 216 g/mol. The lowest BCUT2D eigenvalue weighted by atomic mass is 10.2. The lowest BCUT2D eigenvalue weighted by Crippen LogP contribution is -2.23. The third-order valence-electron chi connectivity index (χ3n) is 2.15. The highest BCUT2D eigenvalue weighted by molar-refractivity contribution is 6.27. The van der Waals surface area contributed by atoms with E-state index in [1.807, 2.05) is 6.26 Å². The maximum absolute atomic E-state index is 5.67. The minimum atomic E-state index is -0.514. The molecule has 16 heavy (non-hydrogen) atoms. The summed E-state index contributed by atoms with van der Waals surface area (Å²) in [5, 5.41) is 0. The van der Waals surface area contributed by atoms with Gasteiger partial charge in [-0.2, -0.15) is 0 Å². The Morgan fingerprint density at radius 3 is 2.50 bits per heavy atom. The zero-order valence-corrected chi connectivity index (χ0v) is 12.8. The zero-order valence-electron chi connectivity index (χ0n) is 11.4. The molecule has 0 rings (SSSR count). The van der Waals surface area contributed by atoms with E-state index in [0.29, 0.717) is 0 Å². The van der Waals surface area contributed by atoms with Crippen LogP contribution in [0.25, 0.3) is 0 Å². The molecule has 0 aliphatic rings. The van der Waals surface area contributed by atoms with Gasteiger partial charge in [0.1, 0.15) is 0 Å². The molecule has 96 valence electrons. The molecule has 0 saturated heterocycles. The van der Waals surface area contributed by atoms with E-state index in [0.717, 1.165) is 12.7 Å². The van der Waals surface area contributed by atoms with E-state index in [2.05, 4.69) is 33.8 Å². The van der Waals surface area contributed by atoms with Crippen molar-refractivity contribution in [1.29, 1.82) is 0 Å². The average Bonchev–Trinajstić information content (AvgIpc) is 2.19. The summed E-state index contributed by atoms with van der Waals surface area (Å²) in [6, 6.07) is 0. The molecule has 0 radical (unpaired) electrons. The molecule has 0 aromatic heterocycles. The maximum atomic E-state index is 5.67. The van der Waals surface area contributed by atoms with Crippen LogP contribution in [-0.4, -0.2) is 21.6 Å². The van der Waals surface area contributed by atoms with Crippen molar-refractivity contribution in [3.8, 4) is 0 Å². The second kappa shape index (κ2) is 9.91. The molecule has 0 spiro atoms. The van der Waals surface area contributed by atoms with Crippen LogP contribution in [0, 0.1) is 0 Å². The Kier molecular flexibility index (Phi) is 9.73. The molecular formula is C13H28O2Si. The number of hydrogen-bond acceptors (Lipinski definition) is 2. The summed E-state index contributed by atoms with van der Waals surface area (Å²) in [5.41, 5.74) is -0.000547. The number of ether oxygens (including phenoxy) is 1. The Bertz CT molecular complexity index is 173. The summed E-state index contributed by atoms with van der Waals surface area (Å²) in [7, 11) is -0.514. The molecule has 2 nitrogen and oxygen atoms in total. The van der Waals surface area contributed by atoms with Gasteiger partial charge in [-0.15, -0.1) is 0 Å². The molecule has 0 aromatic rings. The van der Waals surface area contributed by atoms with Gasteiger partial charge in [0.15, 0.2) is 0 Å². The van der Waals surface area contributed by atoms with Gasteiger partial charge in [-0.05, 0) is 39.7 Å². The van der Waals surface area contributed by atoms with Crippen LogP contribution in [0.5, 0.6) is 0 Å². The third kappa shape index (κ3) is 13.7. The highest BCUT2D eigenvalue weighted by Crippen LogP contribution is 2.05. The monoisotopic (exact) mass is 244 g/mol. The highest BCUT2D eigenvalue weighted by Gasteiger charge is 2.08. The smallest absolute Gasteiger partial charge is 0.201 e. The van der Waals surface area contributed by atoms with E-state index >= 15 is 0 Å². The molecule has 0 atom stereocenters. The van der Waals surface area contributed by atoms with Gasteiger partial charge in [-0.3, -0.25) is 0 Å². The van der Waals surface area contributed by atoms with Crippen LogP contribution in [0.2, 0.25) is 0 Å². The minimum Gasteiger partial charge on any atom is -0.503 e. The highest BCUT2D eigenvalue weighted by atomic mass is 28.2. The molecule has 0 aliphatic carbocycles. The van der Waals surface area contributed by atoms with Gasteiger partial charge in [0, 0.05) is 5.60 Å². The van der Waals surface area contributed by atoms with Gasteiger partial charge < -0.3 is 9.16 Å². The van der Waals surface area contributed by atoms with Crippen LogP contribution in [0.3, 0.4) is 0 Å². The van der Waals surface area contributed by atoms with Gasteiger partial charge in [0.25, 0.3) is 0 Å². The zero-order chi connectivity index (χ0) is 12.3. The van der Waals surface area contributed by atoms with Crippen molar-refractivity contribution in [3.63, 3.8) is 0 Å². The van der Waals surface area contributed by atoms with Crippen LogP contribution < -0.4 is 0 Å². The van der Waals surface area contributed by atoms with E-state index in [-0.39, 0.29) is 5.60 Å². The Morgan fingerprint density at radius 1 is 1.12 bits per heavy atom. The Balaban J connectivity index is 3.16. The fourth-order valence-corrected chi connectivity index (χ4v) is 2.22. The van der Waals surface area contributed by atoms with Gasteiger partial charge in [0.2, 0.25) is 9.76 Å². The number of unbranched alkanes of at least 4 members (excludes halogenated alkanes) is 4. The maximum Gasteiger partial charge on any atom is 0.201 e. The molecule has 0 unspecified atom stereocenters. The van der Waals surface area contributed by atoms with E-state index in [4.69, 9.17) is 9.16 Å². The third-order valence-corrected chi connectivity index (χ3v) is 3.63. The first-order valence-corrected chi connectivity index (χ1v) is 8.04. The second-order valence-corrected chi connectivity index (χ2v) is 6.16. The van der Waals surface area contributed by atoms with Crippen LogP contribution >= 0.6 is 0 Å². The van der Waals surface area contributed by atoms with Crippen LogP contribution in [0.1, 0.15) is 59.8 Å². The van der Waals surface area contributed by atoms with E-state index in [9.17, 15) is 0 Å². The van der Waals surface area contributed by atoms with Crippen molar-refractivity contribution in [2.75, 3.05) is 6.23 Å². The fourth-order valence-electron chi connectivity index (χ4n) is 1.29. The molecule has 0 N–H and O–H groups in total. The molecule has 0 aliphatic heterocycles. The fraction of sp³-hybridized carbons (Fsp3) is 0.846. The van der Waals surface area contributed by atoms with E-state index in [1.165, 1.54) is 25.7 Å². The van der Waals surface area contributed by atoms with Crippen molar-refractivity contribution >= 4 is 9.76 Å². The summed E-state index contributed by atoms with van der Waals surface area (Å²) in [6.45, 7) is 8.50. The lowest BCUT2D eigenvalue weighted by Gasteiger charge is -2.19. The van der Waals surface area contributed by atoms with Gasteiger partial charge >= 0.3 is 0 Å². The molecule has 0 aromatic carbocycles. The molecule has 0 bridgehead atoms. The van der Waals surface area contributed by atoms with Crippen molar-refractivity contribution in [2.24, 2.45) is 0 Å². The van der Waals surface area contributed by atoms with Crippen molar-refractivity contribution in [1.82, 2.24) is 0 Å². The first-order chi connectivity index (χ1) is 7.56. The van der Waals surface area contributed by atoms with Crippen LogP contribution in [0.15, 0.2) is 12.3 Å². The van der Waals surface area contributed by atoms with Gasteiger partial charge in [0.05, 0.1) is 12.5 Å². The van der Waals surface area contributed by atoms with Crippen LogP contribution in [0.4, 0.5) is 0 Å². The standard InChI is InChI=1S/C13H28O2Si/c1-5-6-7-8-9-10-11-14-12-16-15-13(2,3)4/h10-11H,5-9,12,16H2,1-4H3. The summed E-state index contributed by atoms with van der Waals surface area (Å²) in [5.74, 6) is 0. The first kappa shape index (κ1) is 15.7. The SMILES string of the molecule is CCCCCCC=COC[SiH2]OC(C)(C)C. The predicted octanol–water partition coefficient (Wildman–Crippen LogP) is 3.34. The number of allylic oxidation sites excluding steroid dienone is 1. The molecule has 0 amide bonds. The molecule has 0 heterocycles. The lowest BCUT2D eigenvalue weighted by molar-refractivity contribution is 0.128. The van der Waals surface area contributed by atoms with Gasteiger partial charge in [-0.1, -0.05) is 26.2 Å². The van der Waals surface area contributed by atoms with Crippen molar-refractivity contribution in [3.05, 3.63) is 12.3 Å². The first-order valence-electron chi connectivity index (χ1n) is 6.47. The predicted molar refractivity (Wildman–Crippen MR) is 73.2 cm³/mol. The summed E-state index contributed by atoms with van der Waals surface area (Å²) >= 11 is 0. The average molecular weight is 244 g/mol. The molecule has 0 saturated carbocycles. The second-order valence-electron chi connectivity index (χ2n) is 5.05. The molecule has 0 fully saturated rings. The Hall–Kier alpha value is -0.283. The van der Waals surface area contributed by atoms with Crippen molar-refractivity contribution < 1.29 is 9.16 Å². The topological polar surface area (TPSA) is 18.5 Å². The van der Waals surface area contributed by atoms with E-state index in [1.54, 1.807) is 0 Å². The Morgan fingerprint density at radius 2 is 1.88 bits per heavy atom. The minimum absolute atomic E-state index is 0.000547. The number of rotatable bonds is 9. The van der Waals surface area contributed by atoms with Crippen molar-refractivity contribution in [2.45, 2.75) is 65.4 Å². The largest absolute Gasteiger partial charge is 0.503 e. The summed E-state index contributed by atoms with van der Waals surface area (Å²) < 4.78 is 11.1. The van der Waals surface area contributed by atoms with E-state index < -0.39 is 9.76 Å². The van der Waals surface area contributed by atoms with Gasteiger partial charge in [-0.25, -0.2) is 0 Å². The quantitative estimate of drug-likeness (QED) is 0.352. The summed E-state index contributed by atoms with van der Waals surface area (Å²) in [6.07, 6.45) is 11.2. The number of hydrogen-bond donors (Lipinski definition) is 0. The Labute approximate surface area is 103 Å². The van der Waals surface area contributed by atoms with Crippen LogP contribution in [-0.2, 0) is 9.16 Å².